The SMILES string of the molecule is CNCCC(c1ccc(-c2cn[nH]c2)cc1)C1C=CC(F)=C(F)C1. The molecule has 0 radical (unpaired) electrons. The van der Waals surface area contributed by atoms with E-state index in [1.165, 1.54) is 6.08 Å². The maximum Gasteiger partial charge on any atom is 0.154 e. The van der Waals surface area contributed by atoms with Crippen LogP contribution in [0, 0.1) is 5.92 Å². The number of nitrogens with one attached hydrogen (secondary N) is 2. The van der Waals surface area contributed by atoms with Gasteiger partial charge in [0.25, 0.3) is 0 Å². The molecule has 2 unspecified atom stereocenters. The lowest BCUT2D eigenvalue weighted by Gasteiger charge is -2.27. The van der Waals surface area contributed by atoms with Crippen molar-refractivity contribution in [3.63, 3.8) is 0 Å². The molecule has 24 heavy (non-hydrogen) atoms. The van der Waals surface area contributed by atoms with Crippen molar-refractivity contribution in [3.05, 3.63) is 66.0 Å². The Morgan fingerprint density at radius 3 is 2.67 bits per heavy atom. The van der Waals surface area contributed by atoms with Crippen molar-refractivity contribution in [2.24, 2.45) is 5.92 Å². The van der Waals surface area contributed by atoms with Crippen LogP contribution in [0.4, 0.5) is 8.78 Å². The first-order valence-corrected chi connectivity index (χ1v) is 8.15. The molecule has 0 saturated heterocycles. The van der Waals surface area contributed by atoms with E-state index in [1.807, 2.05) is 25.4 Å². The Bertz CT molecular complexity index is 718. The molecule has 0 aliphatic heterocycles. The lowest BCUT2D eigenvalue weighted by atomic mass is 9.79. The number of aromatic nitrogens is 2. The molecule has 5 heteroatoms. The van der Waals surface area contributed by atoms with E-state index in [0.29, 0.717) is 0 Å². The highest BCUT2D eigenvalue weighted by Gasteiger charge is 2.26. The van der Waals surface area contributed by atoms with Gasteiger partial charge in [0.1, 0.15) is 5.83 Å². The van der Waals surface area contributed by atoms with E-state index < -0.39 is 11.7 Å². The fourth-order valence-electron chi connectivity index (χ4n) is 3.21. The van der Waals surface area contributed by atoms with Crippen LogP contribution in [-0.4, -0.2) is 23.8 Å². The van der Waals surface area contributed by atoms with Crippen LogP contribution < -0.4 is 5.32 Å². The number of nitrogens with zero attached hydrogens (tertiary/aromatic N) is 1. The predicted molar refractivity (Wildman–Crippen MR) is 91.8 cm³/mol. The van der Waals surface area contributed by atoms with Gasteiger partial charge in [-0.05, 0) is 49.1 Å². The van der Waals surface area contributed by atoms with Crippen molar-refractivity contribution in [3.8, 4) is 11.1 Å². The molecule has 0 saturated carbocycles. The Labute approximate surface area is 140 Å². The van der Waals surface area contributed by atoms with Crippen LogP contribution in [-0.2, 0) is 0 Å². The summed E-state index contributed by atoms with van der Waals surface area (Å²) in [6.07, 6.45) is 7.67. The van der Waals surface area contributed by atoms with Crippen LogP contribution in [0.3, 0.4) is 0 Å². The summed E-state index contributed by atoms with van der Waals surface area (Å²) in [4.78, 5) is 0. The zero-order valence-electron chi connectivity index (χ0n) is 13.6. The number of halogens is 2. The molecule has 3 rings (SSSR count). The van der Waals surface area contributed by atoms with E-state index in [9.17, 15) is 8.78 Å². The quantitative estimate of drug-likeness (QED) is 0.819. The van der Waals surface area contributed by atoms with E-state index >= 15 is 0 Å². The summed E-state index contributed by atoms with van der Waals surface area (Å²) < 4.78 is 27.0. The number of rotatable bonds is 6. The van der Waals surface area contributed by atoms with Crippen LogP contribution in [0.5, 0.6) is 0 Å². The molecule has 0 spiro atoms. The van der Waals surface area contributed by atoms with Gasteiger partial charge in [-0.25, -0.2) is 8.78 Å². The molecule has 126 valence electrons. The Morgan fingerprint density at radius 1 is 1.25 bits per heavy atom. The summed E-state index contributed by atoms with van der Waals surface area (Å²) in [5, 5.41) is 9.91. The fraction of sp³-hybridized carbons (Fsp3) is 0.316. The van der Waals surface area contributed by atoms with Gasteiger partial charge < -0.3 is 5.32 Å². The highest BCUT2D eigenvalue weighted by molar-refractivity contribution is 5.61. The van der Waals surface area contributed by atoms with Crippen LogP contribution in [0.25, 0.3) is 11.1 Å². The molecule has 0 bridgehead atoms. The summed E-state index contributed by atoms with van der Waals surface area (Å²) >= 11 is 0. The lowest BCUT2D eigenvalue weighted by molar-refractivity contribution is 0.404. The third kappa shape index (κ3) is 3.62. The highest BCUT2D eigenvalue weighted by Crippen LogP contribution is 2.38. The zero-order valence-corrected chi connectivity index (χ0v) is 13.6. The normalized spacial score (nSPS) is 18.9. The second-order valence-corrected chi connectivity index (χ2v) is 6.09. The van der Waals surface area contributed by atoms with Crippen LogP contribution in [0.1, 0.15) is 24.3 Å². The molecule has 0 amide bonds. The minimum absolute atomic E-state index is 0.0300. The number of aromatic amines is 1. The van der Waals surface area contributed by atoms with Gasteiger partial charge in [0.05, 0.1) is 6.20 Å². The average Bonchev–Trinajstić information content (AvgIpc) is 3.13. The van der Waals surface area contributed by atoms with Crippen LogP contribution in [0.2, 0.25) is 0 Å². The zero-order chi connectivity index (χ0) is 16.9. The standard InChI is InChI=1S/C19H21F2N3/c1-22-9-8-17(15-6-7-18(20)19(21)10-15)14-4-2-13(3-5-14)16-11-23-24-12-16/h2-7,11-12,15,17,22H,8-10H2,1H3,(H,23,24). The Kier molecular flexibility index (Phi) is 5.20. The number of hydrogen-bond donors (Lipinski definition) is 2. The summed E-state index contributed by atoms with van der Waals surface area (Å²) in [7, 11) is 1.90. The van der Waals surface area contributed by atoms with Crippen molar-refractivity contribution in [2.45, 2.75) is 18.8 Å². The van der Waals surface area contributed by atoms with Crippen molar-refractivity contribution in [2.75, 3.05) is 13.6 Å². The molecular formula is C19H21F2N3. The molecule has 2 atom stereocenters. The smallest absolute Gasteiger partial charge is 0.154 e. The van der Waals surface area contributed by atoms with Crippen LogP contribution >= 0.6 is 0 Å². The second-order valence-electron chi connectivity index (χ2n) is 6.09. The summed E-state index contributed by atoms with van der Waals surface area (Å²) in [5.41, 5.74) is 3.25. The first-order chi connectivity index (χ1) is 11.7. The van der Waals surface area contributed by atoms with Crippen LogP contribution in [0.15, 0.2) is 60.5 Å². The molecule has 2 N–H and O–H groups in total. The molecule has 1 heterocycles. The van der Waals surface area contributed by atoms with E-state index in [2.05, 4.69) is 27.6 Å². The largest absolute Gasteiger partial charge is 0.320 e. The average molecular weight is 329 g/mol. The molecule has 1 aromatic heterocycles. The van der Waals surface area contributed by atoms with Gasteiger partial charge in [0.2, 0.25) is 0 Å². The summed E-state index contributed by atoms with van der Waals surface area (Å²) in [6, 6.07) is 8.24. The van der Waals surface area contributed by atoms with Gasteiger partial charge in [0, 0.05) is 18.2 Å². The maximum atomic E-state index is 13.7. The minimum atomic E-state index is -0.742. The van der Waals surface area contributed by atoms with E-state index in [4.69, 9.17) is 0 Å². The van der Waals surface area contributed by atoms with Crippen molar-refractivity contribution >= 4 is 0 Å². The Balaban J connectivity index is 1.82. The fourth-order valence-corrected chi connectivity index (χ4v) is 3.21. The Hall–Kier alpha value is -2.27. The van der Waals surface area contributed by atoms with E-state index in [0.717, 1.165) is 29.7 Å². The maximum absolute atomic E-state index is 13.7. The first kappa shape index (κ1) is 16.6. The van der Waals surface area contributed by atoms with Gasteiger partial charge in [-0.15, -0.1) is 0 Å². The minimum Gasteiger partial charge on any atom is -0.320 e. The molecule has 1 aromatic carbocycles. The van der Waals surface area contributed by atoms with Gasteiger partial charge in [0.15, 0.2) is 5.83 Å². The predicted octanol–water partition coefficient (Wildman–Crippen LogP) is 4.50. The molecule has 1 aliphatic rings. The molecule has 1 aliphatic carbocycles. The number of hydrogen-bond acceptors (Lipinski definition) is 2. The summed E-state index contributed by atoms with van der Waals surface area (Å²) in [6.45, 7) is 0.826. The third-order valence-electron chi connectivity index (χ3n) is 4.56. The first-order valence-electron chi connectivity index (χ1n) is 8.15. The molecule has 3 nitrogen and oxygen atoms in total. The Morgan fingerprint density at radius 2 is 2.04 bits per heavy atom. The van der Waals surface area contributed by atoms with Crippen molar-refractivity contribution in [1.82, 2.24) is 15.5 Å². The van der Waals surface area contributed by atoms with Gasteiger partial charge in [-0.2, -0.15) is 5.10 Å². The van der Waals surface area contributed by atoms with Crippen molar-refractivity contribution in [1.29, 1.82) is 0 Å². The third-order valence-corrected chi connectivity index (χ3v) is 4.56. The van der Waals surface area contributed by atoms with Gasteiger partial charge in [-0.3, -0.25) is 5.10 Å². The topological polar surface area (TPSA) is 40.7 Å². The van der Waals surface area contributed by atoms with Gasteiger partial charge in [-0.1, -0.05) is 30.3 Å². The summed E-state index contributed by atoms with van der Waals surface area (Å²) in [5.74, 6) is -1.27. The number of H-pyrrole nitrogens is 1. The molecule has 0 fully saturated rings. The van der Waals surface area contributed by atoms with Gasteiger partial charge >= 0.3 is 0 Å². The highest BCUT2D eigenvalue weighted by atomic mass is 19.2. The molecular weight excluding hydrogens is 308 g/mol. The number of benzene rings is 1. The van der Waals surface area contributed by atoms with Crippen molar-refractivity contribution < 1.29 is 8.78 Å². The molecule has 2 aromatic rings. The van der Waals surface area contributed by atoms with E-state index in [-0.39, 0.29) is 18.3 Å². The second kappa shape index (κ2) is 7.53. The monoisotopic (exact) mass is 329 g/mol. The lowest BCUT2D eigenvalue weighted by Crippen LogP contribution is -2.19. The van der Waals surface area contributed by atoms with E-state index in [1.54, 1.807) is 12.3 Å². The number of allylic oxidation sites excluding steroid dienone is 4.